The van der Waals surface area contributed by atoms with Crippen molar-refractivity contribution in [3.63, 3.8) is 0 Å². The van der Waals surface area contributed by atoms with Crippen molar-refractivity contribution >= 4 is 17.2 Å². The number of hydrogen-bond acceptors (Lipinski definition) is 3. The van der Waals surface area contributed by atoms with E-state index in [2.05, 4.69) is 24.1 Å². The van der Waals surface area contributed by atoms with Gasteiger partial charge >= 0.3 is 0 Å². The van der Waals surface area contributed by atoms with Crippen LogP contribution in [0.2, 0.25) is 0 Å². The first kappa shape index (κ1) is 10.6. The normalized spacial score (nSPS) is 23.9. The van der Waals surface area contributed by atoms with Gasteiger partial charge in [0.1, 0.15) is 0 Å². The molecule has 0 saturated heterocycles. The summed E-state index contributed by atoms with van der Waals surface area (Å²) >= 11 is 1.66. The smallest absolute Gasteiger partial charge is 0.223 e. The van der Waals surface area contributed by atoms with E-state index in [0.29, 0.717) is 12.5 Å². The molecule has 1 amide bonds. The molecule has 1 aromatic rings. The summed E-state index contributed by atoms with van der Waals surface area (Å²) in [5.74, 6) is 1.02. The molecule has 1 N–H and O–H groups in total. The molecule has 1 heterocycles. The van der Waals surface area contributed by atoms with Crippen LogP contribution in [0.1, 0.15) is 31.0 Å². The monoisotopic (exact) mass is 224 g/mol. The fraction of sp³-hybridized carbons (Fsp3) is 0.636. The number of aryl methyl sites for hydroxylation is 1. The fourth-order valence-electron chi connectivity index (χ4n) is 1.59. The van der Waals surface area contributed by atoms with Gasteiger partial charge in [0.15, 0.2) is 0 Å². The Kier molecular flexibility index (Phi) is 3.05. The average Bonchev–Trinajstić information content (AvgIpc) is 2.81. The zero-order chi connectivity index (χ0) is 10.8. The van der Waals surface area contributed by atoms with E-state index >= 15 is 0 Å². The molecule has 3 nitrogen and oxygen atoms in total. The zero-order valence-corrected chi connectivity index (χ0v) is 9.93. The second kappa shape index (κ2) is 4.31. The van der Waals surface area contributed by atoms with Crippen LogP contribution in [0.15, 0.2) is 5.38 Å². The summed E-state index contributed by atoms with van der Waals surface area (Å²) in [6.07, 6.45) is 2.02. The van der Waals surface area contributed by atoms with Gasteiger partial charge in [-0.05, 0) is 18.8 Å². The maximum Gasteiger partial charge on any atom is 0.223 e. The van der Waals surface area contributed by atoms with E-state index < -0.39 is 0 Å². The minimum atomic E-state index is 0.188. The molecule has 0 spiro atoms. The van der Waals surface area contributed by atoms with Crippen LogP contribution in [0.5, 0.6) is 0 Å². The fourth-order valence-corrected chi connectivity index (χ4v) is 2.33. The number of aromatic nitrogens is 1. The first-order chi connectivity index (χ1) is 7.20. The van der Waals surface area contributed by atoms with Gasteiger partial charge in [0.05, 0.1) is 17.2 Å². The topological polar surface area (TPSA) is 42.0 Å². The first-order valence-corrected chi connectivity index (χ1v) is 6.29. The van der Waals surface area contributed by atoms with Crippen molar-refractivity contribution in [2.45, 2.75) is 33.2 Å². The Morgan fingerprint density at radius 2 is 2.47 bits per heavy atom. The summed E-state index contributed by atoms with van der Waals surface area (Å²) < 4.78 is 0. The molecule has 82 valence electrons. The third-order valence-corrected chi connectivity index (χ3v) is 3.83. The Hall–Kier alpha value is -0.900. The quantitative estimate of drug-likeness (QED) is 0.849. The zero-order valence-electron chi connectivity index (χ0n) is 9.12. The van der Waals surface area contributed by atoms with Crippen LogP contribution < -0.4 is 5.32 Å². The molecule has 15 heavy (non-hydrogen) atoms. The number of rotatable bonds is 4. The Bertz CT molecular complexity index is 361. The van der Waals surface area contributed by atoms with Gasteiger partial charge in [0.2, 0.25) is 5.91 Å². The summed E-state index contributed by atoms with van der Waals surface area (Å²) in [4.78, 5) is 15.9. The van der Waals surface area contributed by atoms with Crippen LogP contribution in [-0.4, -0.2) is 10.9 Å². The predicted molar refractivity (Wildman–Crippen MR) is 60.6 cm³/mol. The molecule has 0 aliphatic heterocycles. The van der Waals surface area contributed by atoms with Crippen LogP contribution >= 0.6 is 11.3 Å². The Morgan fingerprint density at radius 1 is 1.73 bits per heavy atom. The predicted octanol–water partition coefficient (Wildman–Crippen LogP) is 1.98. The van der Waals surface area contributed by atoms with Gasteiger partial charge in [-0.3, -0.25) is 4.79 Å². The Morgan fingerprint density at radius 3 is 3.00 bits per heavy atom. The second-order valence-electron chi connectivity index (χ2n) is 4.12. The van der Waals surface area contributed by atoms with Gasteiger partial charge in [-0.1, -0.05) is 13.8 Å². The van der Waals surface area contributed by atoms with Crippen LogP contribution in [-0.2, 0) is 17.8 Å². The van der Waals surface area contributed by atoms with E-state index in [1.165, 1.54) is 0 Å². The Balaban J connectivity index is 1.80. The standard InChI is InChI=1S/C11H16N2OS/c1-3-10-13-8(6-15-10)5-12-11(14)9-4-7(9)2/h6-7,9H,3-5H2,1-2H3,(H,12,14)/t7-,9-/m0/s1. The van der Waals surface area contributed by atoms with Crippen LogP contribution in [0.4, 0.5) is 0 Å². The summed E-state index contributed by atoms with van der Waals surface area (Å²) in [5.41, 5.74) is 0.985. The maximum atomic E-state index is 11.5. The van der Waals surface area contributed by atoms with Crippen LogP contribution in [0.3, 0.4) is 0 Å². The number of carbonyl (C=O) groups is 1. The lowest BCUT2D eigenvalue weighted by molar-refractivity contribution is -0.122. The number of carbonyl (C=O) groups excluding carboxylic acids is 1. The highest BCUT2D eigenvalue weighted by Gasteiger charge is 2.38. The third-order valence-electron chi connectivity index (χ3n) is 2.79. The van der Waals surface area contributed by atoms with Gasteiger partial charge < -0.3 is 5.32 Å². The third kappa shape index (κ3) is 2.56. The van der Waals surface area contributed by atoms with Gasteiger partial charge in [0.25, 0.3) is 0 Å². The number of hydrogen-bond donors (Lipinski definition) is 1. The second-order valence-corrected chi connectivity index (χ2v) is 5.07. The van der Waals surface area contributed by atoms with Crippen molar-refractivity contribution in [2.24, 2.45) is 11.8 Å². The molecule has 2 atom stereocenters. The molecule has 2 rings (SSSR count). The highest BCUT2D eigenvalue weighted by atomic mass is 32.1. The van der Waals surface area contributed by atoms with Crippen molar-refractivity contribution in [2.75, 3.05) is 0 Å². The molecule has 0 bridgehead atoms. The number of nitrogens with one attached hydrogen (secondary N) is 1. The molecule has 1 aliphatic rings. The maximum absolute atomic E-state index is 11.5. The largest absolute Gasteiger partial charge is 0.350 e. The molecule has 1 fully saturated rings. The molecular formula is C11H16N2OS. The SMILES string of the molecule is CCc1nc(CNC(=O)[C@H]2C[C@@H]2C)cs1. The van der Waals surface area contributed by atoms with E-state index in [4.69, 9.17) is 0 Å². The summed E-state index contributed by atoms with van der Waals surface area (Å²) in [5, 5.41) is 6.10. The highest BCUT2D eigenvalue weighted by molar-refractivity contribution is 7.09. The number of thiazole rings is 1. The summed E-state index contributed by atoms with van der Waals surface area (Å²) in [7, 11) is 0. The Labute approximate surface area is 93.9 Å². The van der Waals surface area contributed by atoms with Gasteiger partial charge in [-0.15, -0.1) is 11.3 Å². The number of nitrogens with zero attached hydrogens (tertiary/aromatic N) is 1. The minimum absolute atomic E-state index is 0.188. The van der Waals surface area contributed by atoms with Crippen molar-refractivity contribution in [3.05, 3.63) is 16.1 Å². The summed E-state index contributed by atoms with van der Waals surface area (Å²) in [6, 6.07) is 0. The van der Waals surface area contributed by atoms with Crippen molar-refractivity contribution in [1.82, 2.24) is 10.3 Å². The van der Waals surface area contributed by atoms with E-state index in [1.807, 2.05) is 5.38 Å². The highest BCUT2D eigenvalue weighted by Crippen LogP contribution is 2.37. The molecule has 1 aromatic heterocycles. The molecule has 4 heteroatoms. The lowest BCUT2D eigenvalue weighted by atomic mass is 10.3. The van der Waals surface area contributed by atoms with E-state index in [9.17, 15) is 4.79 Å². The lowest BCUT2D eigenvalue weighted by Crippen LogP contribution is -2.24. The molecule has 0 unspecified atom stereocenters. The van der Waals surface area contributed by atoms with E-state index in [0.717, 1.165) is 23.5 Å². The molecule has 1 aliphatic carbocycles. The first-order valence-electron chi connectivity index (χ1n) is 5.41. The van der Waals surface area contributed by atoms with Gasteiger partial charge in [0, 0.05) is 11.3 Å². The van der Waals surface area contributed by atoms with E-state index in [1.54, 1.807) is 11.3 Å². The number of amides is 1. The van der Waals surface area contributed by atoms with Gasteiger partial charge in [-0.25, -0.2) is 4.98 Å². The minimum Gasteiger partial charge on any atom is -0.350 e. The van der Waals surface area contributed by atoms with Crippen LogP contribution in [0, 0.1) is 11.8 Å². The lowest BCUT2D eigenvalue weighted by Gasteiger charge is -2.01. The molecule has 1 saturated carbocycles. The van der Waals surface area contributed by atoms with Crippen LogP contribution in [0.25, 0.3) is 0 Å². The van der Waals surface area contributed by atoms with Gasteiger partial charge in [-0.2, -0.15) is 0 Å². The van der Waals surface area contributed by atoms with Crippen molar-refractivity contribution in [3.8, 4) is 0 Å². The molecule has 0 radical (unpaired) electrons. The van der Waals surface area contributed by atoms with Crippen molar-refractivity contribution in [1.29, 1.82) is 0 Å². The molecular weight excluding hydrogens is 208 g/mol. The van der Waals surface area contributed by atoms with E-state index in [-0.39, 0.29) is 11.8 Å². The molecule has 0 aromatic carbocycles. The van der Waals surface area contributed by atoms with Crippen molar-refractivity contribution < 1.29 is 4.79 Å². The average molecular weight is 224 g/mol. The summed E-state index contributed by atoms with van der Waals surface area (Å²) in [6.45, 7) is 4.79.